The maximum Gasteiger partial charge on any atom is 0.119 e. The lowest BCUT2D eigenvalue weighted by atomic mass is 9.78. The van der Waals surface area contributed by atoms with E-state index in [0.29, 0.717) is 0 Å². The van der Waals surface area contributed by atoms with Crippen LogP contribution in [-0.4, -0.2) is 18.8 Å². The van der Waals surface area contributed by atoms with Crippen LogP contribution in [0.15, 0.2) is 30.3 Å². The molecule has 0 aromatic heterocycles. The largest absolute Gasteiger partial charge is 0.494 e. The second-order valence-electron chi connectivity index (χ2n) is 5.80. The third-order valence-electron chi connectivity index (χ3n) is 3.60. The van der Waals surface area contributed by atoms with E-state index in [1.54, 1.807) is 0 Å². The first-order valence-electron chi connectivity index (χ1n) is 6.35. The summed E-state index contributed by atoms with van der Waals surface area (Å²) >= 11 is 0. The smallest absolute Gasteiger partial charge is 0.119 e. The number of hydrogen-bond acceptors (Lipinski definition) is 2. The summed E-state index contributed by atoms with van der Waals surface area (Å²) in [6.07, 6.45) is 2.13. The third-order valence-corrected chi connectivity index (χ3v) is 3.60. The van der Waals surface area contributed by atoms with Gasteiger partial charge in [0.2, 0.25) is 0 Å². The zero-order valence-electron chi connectivity index (χ0n) is 11.0. The molecule has 1 aromatic carbocycles. The van der Waals surface area contributed by atoms with Crippen LogP contribution in [0.4, 0.5) is 0 Å². The normalized spacial score (nSPS) is 23.5. The van der Waals surface area contributed by atoms with E-state index in [-0.39, 0.29) is 11.0 Å². The standard InChI is InChI=1S/C15H22O2/c1-14(2,3)15(12-17-15)10-7-11-16-13-8-5-4-6-9-13/h4-6,8-9H,7,10-12H2,1-3H3. The molecule has 2 heteroatoms. The molecule has 1 aliphatic heterocycles. The number of hydrogen-bond donors (Lipinski definition) is 0. The number of ether oxygens (including phenoxy) is 2. The van der Waals surface area contributed by atoms with Crippen LogP contribution in [0.3, 0.4) is 0 Å². The van der Waals surface area contributed by atoms with Gasteiger partial charge < -0.3 is 9.47 Å². The highest BCUT2D eigenvalue weighted by atomic mass is 16.6. The SMILES string of the molecule is CC(C)(C)C1(CCCOc2ccccc2)CO1. The molecule has 1 heterocycles. The number of epoxide rings is 1. The minimum atomic E-state index is 0.104. The first kappa shape index (κ1) is 12.4. The van der Waals surface area contributed by atoms with E-state index >= 15 is 0 Å². The quantitative estimate of drug-likeness (QED) is 0.573. The molecule has 0 radical (unpaired) electrons. The lowest BCUT2D eigenvalue weighted by Gasteiger charge is -2.27. The van der Waals surface area contributed by atoms with Gasteiger partial charge in [0, 0.05) is 0 Å². The van der Waals surface area contributed by atoms with Crippen molar-refractivity contribution < 1.29 is 9.47 Å². The minimum Gasteiger partial charge on any atom is -0.494 e. The van der Waals surface area contributed by atoms with Crippen LogP contribution in [0, 0.1) is 5.41 Å². The van der Waals surface area contributed by atoms with Crippen molar-refractivity contribution in [1.29, 1.82) is 0 Å². The van der Waals surface area contributed by atoms with Gasteiger partial charge in [0.05, 0.1) is 18.8 Å². The average Bonchev–Trinajstić information content (AvgIpc) is 3.06. The summed E-state index contributed by atoms with van der Waals surface area (Å²) in [6, 6.07) is 9.98. The van der Waals surface area contributed by atoms with E-state index in [4.69, 9.17) is 9.47 Å². The van der Waals surface area contributed by atoms with E-state index in [1.165, 1.54) is 0 Å². The first-order chi connectivity index (χ1) is 8.04. The molecule has 1 fully saturated rings. The van der Waals surface area contributed by atoms with Gasteiger partial charge in [-0.05, 0) is 30.4 Å². The van der Waals surface area contributed by atoms with Gasteiger partial charge in [-0.3, -0.25) is 0 Å². The Labute approximate surface area is 104 Å². The maximum absolute atomic E-state index is 5.69. The van der Waals surface area contributed by atoms with E-state index in [9.17, 15) is 0 Å². The Morgan fingerprint density at radius 2 is 1.88 bits per heavy atom. The van der Waals surface area contributed by atoms with Crippen LogP contribution in [-0.2, 0) is 4.74 Å². The van der Waals surface area contributed by atoms with Crippen molar-refractivity contribution in [3.8, 4) is 5.75 Å². The van der Waals surface area contributed by atoms with Gasteiger partial charge in [-0.15, -0.1) is 0 Å². The fraction of sp³-hybridized carbons (Fsp3) is 0.600. The molecule has 1 atom stereocenters. The Morgan fingerprint density at radius 3 is 2.41 bits per heavy atom. The van der Waals surface area contributed by atoms with E-state index in [1.807, 2.05) is 30.3 Å². The molecule has 17 heavy (non-hydrogen) atoms. The van der Waals surface area contributed by atoms with Gasteiger partial charge in [-0.2, -0.15) is 0 Å². The summed E-state index contributed by atoms with van der Waals surface area (Å²) < 4.78 is 11.3. The Kier molecular flexibility index (Phi) is 3.43. The van der Waals surface area contributed by atoms with Gasteiger partial charge in [-0.1, -0.05) is 39.0 Å². The number of rotatable bonds is 5. The molecule has 0 aliphatic carbocycles. The molecular weight excluding hydrogens is 212 g/mol. The molecule has 0 N–H and O–H groups in total. The van der Waals surface area contributed by atoms with Crippen molar-refractivity contribution in [2.45, 2.75) is 39.2 Å². The molecule has 94 valence electrons. The van der Waals surface area contributed by atoms with Crippen molar-refractivity contribution in [3.05, 3.63) is 30.3 Å². The van der Waals surface area contributed by atoms with Crippen LogP contribution in [0.25, 0.3) is 0 Å². The number of benzene rings is 1. The second kappa shape index (κ2) is 4.69. The fourth-order valence-corrected chi connectivity index (χ4v) is 2.10. The highest BCUT2D eigenvalue weighted by molar-refractivity contribution is 5.20. The maximum atomic E-state index is 5.69. The molecule has 2 nitrogen and oxygen atoms in total. The topological polar surface area (TPSA) is 21.8 Å². The van der Waals surface area contributed by atoms with Gasteiger partial charge in [0.15, 0.2) is 0 Å². The van der Waals surface area contributed by atoms with Gasteiger partial charge in [0.25, 0.3) is 0 Å². The molecule has 0 amide bonds. The van der Waals surface area contributed by atoms with Crippen molar-refractivity contribution in [1.82, 2.24) is 0 Å². The third kappa shape index (κ3) is 3.01. The van der Waals surface area contributed by atoms with Crippen LogP contribution in [0.2, 0.25) is 0 Å². The van der Waals surface area contributed by atoms with Crippen molar-refractivity contribution in [3.63, 3.8) is 0 Å². The Hall–Kier alpha value is -1.02. The van der Waals surface area contributed by atoms with Gasteiger partial charge in [-0.25, -0.2) is 0 Å². The molecule has 0 bridgehead atoms. The summed E-state index contributed by atoms with van der Waals surface area (Å²) in [6.45, 7) is 8.42. The Bertz CT molecular complexity index is 347. The summed E-state index contributed by atoms with van der Waals surface area (Å²) in [4.78, 5) is 0. The summed E-state index contributed by atoms with van der Waals surface area (Å²) in [5.41, 5.74) is 0.340. The van der Waals surface area contributed by atoms with Crippen LogP contribution in [0.1, 0.15) is 33.6 Å². The number of para-hydroxylation sites is 1. The van der Waals surface area contributed by atoms with Gasteiger partial charge in [0.1, 0.15) is 5.75 Å². The van der Waals surface area contributed by atoms with Crippen LogP contribution >= 0.6 is 0 Å². The van der Waals surface area contributed by atoms with Gasteiger partial charge >= 0.3 is 0 Å². The highest BCUT2D eigenvalue weighted by Crippen LogP contribution is 2.47. The van der Waals surface area contributed by atoms with Crippen molar-refractivity contribution >= 4 is 0 Å². The predicted octanol–water partition coefficient (Wildman–Crippen LogP) is 3.66. The van der Waals surface area contributed by atoms with E-state index < -0.39 is 0 Å². The zero-order chi connectivity index (χ0) is 12.4. The zero-order valence-corrected chi connectivity index (χ0v) is 11.0. The Morgan fingerprint density at radius 1 is 1.24 bits per heavy atom. The summed E-state index contributed by atoms with van der Waals surface area (Å²) in [5, 5.41) is 0. The predicted molar refractivity (Wildman–Crippen MR) is 69.3 cm³/mol. The van der Waals surface area contributed by atoms with Crippen LogP contribution in [0.5, 0.6) is 5.75 Å². The van der Waals surface area contributed by atoms with E-state index in [2.05, 4.69) is 20.8 Å². The van der Waals surface area contributed by atoms with Crippen molar-refractivity contribution in [2.24, 2.45) is 5.41 Å². The first-order valence-corrected chi connectivity index (χ1v) is 6.35. The highest BCUT2D eigenvalue weighted by Gasteiger charge is 2.53. The van der Waals surface area contributed by atoms with E-state index in [0.717, 1.165) is 31.8 Å². The summed E-state index contributed by atoms with van der Waals surface area (Å²) in [7, 11) is 0. The Balaban J connectivity index is 1.71. The lowest BCUT2D eigenvalue weighted by Crippen LogP contribution is -2.30. The van der Waals surface area contributed by atoms with Crippen molar-refractivity contribution in [2.75, 3.05) is 13.2 Å². The molecule has 1 unspecified atom stereocenters. The lowest BCUT2D eigenvalue weighted by molar-refractivity contribution is 0.135. The molecule has 0 saturated carbocycles. The molecule has 0 spiro atoms. The van der Waals surface area contributed by atoms with Crippen LogP contribution < -0.4 is 4.74 Å². The molecular formula is C15H22O2. The monoisotopic (exact) mass is 234 g/mol. The molecule has 1 aliphatic rings. The molecule has 2 rings (SSSR count). The molecule has 1 saturated heterocycles. The second-order valence-corrected chi connectivity index (χ2v) is 5.80. The fourth-order valence-electron chi connectivity index (χ4n) is 2.10. The summed E-state index contributed by atoms with van der Waals surface area (Å²) in [5.74, 6) is 0.953. The molecule has 1 aromatic rings. The average molecular weight is 234 g/mol. The minimum absolute atomic E-state index is 0.104.